The van der Waals surface area contributed by atoms with Gasteiger partial charge in [-0.05, 0) is 31.2 Å². The lowest BCUT2D eigenvalue weighted by Crippen LogP contribution is -2.58. The number of ether oxygens (including phenoxy) is 1. The minimum atomic E-state index is -0.783. The molecule has 2 saturated heterocycles. The first-order valence-electron chi connectivity index (χ1n) is 9.40. The van der Waals surface area contributed by atoms with Crippen molar-refractivity contribution in [3.8, 4) is 0 Å². The number of nitrogens with zero attached hydrogens (tertiary/aromatic N) is 4. The van der Waals surface area contributed by atoms with Gasteiger partial charge in [-0.1, -0.05) is 0 Å². The molecular weight excluding hydrogens is 412 g/mol. The van der Waals surface area contributed by atoms with E-state index in [1.165, 1.54) is 24.3 Å². The Balaban J connectivity index is 1.39. The molecule has 2 amide bonds. The number of hydrogen-bond acceptors (Lipinski definition) is 8. The zero-order valence-corrected chi connectivity index (χ0v) is 17.3. The summed E-state index contributed by atoms with van der Waals surface area (Å²) in [6, 6.07) is 5.33. The maximum Gasteiger partial charge on any atom is 0.414 e. The van der Waals surface area contributed by atoms with E-state index >= 15 is 0 Å². The van der Waals surface area contributed by atoms with E-state index in [1.807, 2.05) is 11.9 Å². The average molecular weight is 436 g/mol. The van der Waals surface area contributed by atoms with Gasteiger partial charge in [0.15, 0.2) is 5.96 Å². The van der Waals surface area contributed by atoms with Gasteiger partial charge in [0.25, 0.3) is 5.69 Å². The molecule has 1 aromatic carbocycles. The number of thiol groups is 1. The van der Waals surface area contributed by atoms with Gasteiger partial charge in [-0.25, -0.2) is 9.79 Å². The number of alkyl carbamates (subject to hydrolysis) is 1. The minimum absolute atomic E-state index is 0.0439. The maximum absolute atomic E-state index is 12.5. The number of nitro groups is 1. The second-order valence-corrected chi connectivity index (χ2v) is 8.11. The van der Waals surface area contributed by atoms with E-state index in [2.05, 4.69) is 22.9 Å². The van der Waals surface area contributed by atoms with Gasteiger partial charge in [-0.3, -0.25) is 25.1 Å². The van der Waals surface area contributed by atoms with Crippen LogP contribution in [0.5, 0.6) is 0 Å². The lowest BCUT2D eigenvalue weighted by molar-refractivity contribution is -0.384. The zero-order valence-electron chi connectivity index (χ0n) is 16.4. The number of non-ortho nitro benzene ring substituents is 1. The highest BCUT2D eigenvalue weighted by Gasteiger charge is 2.39. The third-order valence-corrected chi connectivity index (χ3v) is 5.43. The van der Waals surface area contributed by atoms with Crippen molar-refractivity contribution >= 4 is 36.3 Å². The number of hydrogen-bond donors (Lipinski definition) is 3. The molecule has 12 heteroatoms. The van der Waals surface area contributed by atoms with Gasteiger partial charge in [-0.15, -0.1) is 0 Å². The molecule has 162 valence electrons. The highest BCUT2D eigenvalue weighted by atomic mass is 32.1. The third kappa shape index (κ3) is 5.39. The number of carbonyl (C=O) groups is 2. The van der Waals surface area contributed by atoms with Crippen LogP contribution < -0.4 is 11.1 Å². The maximum atomic E-state index is 12.5. The molecule has 2 atom stereocenters. The number of likely N-dealkylation sites (N-methyl/N-ethyl adjacent to an activating group) is 1. The first-order valence-corrected chi connectivity index (χ1v) is 9.92. The van der Waals surface area contributed by atoms with Crippen LogP contribution in [0.25, 0.3) is 0 Å². The topological polar surface area (TPSA) is 143 Å². The number of nitrogens with two attached hydrogens (primary N) is 1. The molecule has 2 aliphatic heterocycles. The van der Waals surface area contributed by atoms with Crippen LogP contribution in [0, 0.1) is 10.1 Å². The van der Waals surface area contributed by atoms with Crippen molar-refractivity contribution in [2.45, 2.75) is 30.4 Å². The molecule has 3 rings (SSSR count). The van der Waals surface area contributed by atoms with Gasteiger partial charge < -0.3 is 15.4 Å². The summed E-state index contributed by atoms with van der Waals surface area (Å²) >= 11 is 4.44. The molecule has 0 bridgehead atoms. The van der Waals surface area contributed by atoms with E-state index in [4.69, 9.17) is 10.5 Å². The average Bonchev–Trinajstić information content (AvgIpc) is 3.00. The summed E-state index contributed by atoms with van der Waals surface area (Å²) in [6.07, 6.45) is -0.0538. The Kier molecular flexibility index (Phi) is 6.77. The zero-order chi connectivity index (χ0) is 21.8. The van der Waals surface area contributed by atoms with Crippen LogP contribution >= 0.6 is 12.6 Å². The number of benzene rings is 1. The highest BCUT2D eigenvalue weighted by Crippen LogP contribution is 2.24. The largest absolute Gasteiger partial charge is 0.444 e. The number of guanidine groups is 1. The highest BCUT2D eigenvalue weighted by molar-refractivity contribution is 7.81. The van der Waals surface area contributed by atoms with Gasteiger partial charge in [0.1, 0.15) is 6.61 Å². The molecule has 11 nitrogen and oxygen atoms in total. The van der Waals surface area contributed by atoms with Gasteiger partial charge in [0.2, 0.25) is 5.91 Å². The van der Waals surface area contributed by atoms with Crippen molar-refractivity contribution < 1.29 is 19.2 Å². The molecular formula is C18H24N6O5S. The van der Waals surface area contributed by atoms with E-state index in [-0.39, 0.29) is 41.5 Å². The lowest BCUT2D eigenvalue weighted by Gasteiger charge is -2.39. The van der Waals surface area contributed by atoms with E-state index in [9.17, 15) is 19.7 Å². The Morgan fingerprint density at radius 1 is 1.33 bits per heavy atom. The smallest absolute Gasteiger partial charge is 0.414 e. The molecule has 2 aliphatic rings. The Morgan fingerprint density at radius 2 is 2.00 bits per heavy atom. The summed E-state index contributed by atoms with van der Waals surface area (Å²) in [7, 11) is 1.92. The molecule has 0 unspecified atom stereocenters. The second-order valence-electron chi connectivity index (χ2n) is 7.38. The van der Waals surface area contributed by atoms with E-state index < -0.39 is 11.0 Å². The summed E-state index contributed by atoms with van der Waals surface area (Å²) in [4.78, 5) is 42.4. The van der Waals surface area contributed by atoms with Crippen LogP contribution in [0.1, 0.15) is 12.0 Å². The van der Waals surface area contributed by atoms with Crippen molar-refractivity contribution in [2.24, 2.45) is 10.7 Å². The van der Waals surface area contributed by atoms with E-state index in [1.54, 1.807) is 4.90 Å². The normalized spacial score (nSPS) is 22.5. The van der Waals surface area contributed by atoms with Crippen LogP contribution in [-0.2, 0) is 16.1 Å². The number of aliphatic imine (C=N–C) groups is 1. The monoisotopic (exact) mass is 436 g/mol. The van der Waals surface area contributed by atoms with Crippen molar-refractivity contribution in [1.82, 2.24) is 15.1 Å². The number of amides is 2. The van der Waals surface area contributed by atoms with E-state index in [0.717, 1.165) is 13.0 Å². The van der Waals surface area contributed by atoms with Crippen molar-refractivity contribution in [3.05, 3.63) is 39.9 Å². The first-order chi connectivity index (χ1) is 14.2. The van der Waals surface area contributed by atoms with Crippen LogP contribution in [-0.4, -0.2) is 76.7 Å². The lowest BCUT2D eigenvalue weighted by atomic mass is 10.1. The molecule has 2 fully saturated rings. The summed E-state index contributed by atoms with van der Waals surface area (Å²) in [5.74, 6) is -0.0243. The molecule has 0 saturated carbocycles. The minimum Gasteiger partial charge on any atom is -0.444 e. The predicted molar refractivity (Wildman–Crippen MR) is 112 cm³/mol. The summed E-state index contributed by atoms with van der Waals surface area (Å²) in [6.45, 7) is 1.61. The number of rotatable bonds is 5. The molecule has 2 heterocycles. The summed E-state index contributed by atoms with van der Waals surface area (Å²) < 4.78 is 5.02. The summed E-state index contributed by atoms with van der Waals surface area (Å²) in [5.41, 5.74) is 6.29. The number of carbonyl (C=O) groups excluding carboxylic acids is 2. The van der Waals surface area contributed by atoms with Crippen molar-refractivity contribution in [3.63, 3.8) is 0 Å². The Hall–Kier alpha value is -2.86. The van der Waals surface area contributed by atoms with Gasteiger partial charge >= 0.3 is 6.09 Å². The predicted octanol–water partition coefficient (Wildman–Crippen LogP) is 0.349. The van der Waals surface area contributed by atoms with Gasteiger partial charge in [-0.2, -0.15) is 12.6 Å². The Labute approximate surface area is 178 Å². The first kappa shape index (κ1) is 21.8. The van der Waals surface area contributed by atoms with Crippen molar-refractivity contribution in [2.75, 3.05) is 26.7 Å². The van der Waals surface area contributed by atoms with Crippen molar-refractivity contribution in [1.29, 1.82) is 0 Å². The molecule has 30 heavy (non-hydrogen) atoms. The fraction of sp³-hybridized carbons (Fsp3) is 0.500. The molecule has 1 aromatic rings. The Bertz CT molecular complexity index is 842. The Morgan fingerprint density at radius 3 is 2.57 bits per heavy atom. The molecule has 3 N–H and O–H groups in total. The van der Waals surface area contributed by atoms with Crippen LogP contribution in [0.2, 0.25) is 0 Å². The quantitative estimate of drug-likeness (QED) is 0.199. The summed E-state index contributed by atoms with van der Waals surface area (Å²) in [5, 5.41) is 13.2. The second kappa shape index (κ2) is 9.30. The SMILES string of the molecule is CN1C[C@@H](S)C[C@H]1C(=O)N1CC(N=C(N)NC(=O)OCc2ccc([N+](=O)[O-])cc2)C1. The number of nitrogens with one attached hydrogen (secondary N) is 1. The van der Waals surface area contributed by atoms with E-state index in [0.29, 0.717) is 18.7 Å². The molecule has 0 aliphatic carbocycles. The van der Waals surface area contributed by atoms with Gasteiger partial charge in [0.05, 0.1) is 17.0 Å². The fourth-order valence-corrected chi connectivity index (χ4v) is 3.88. The fourth-order valence-electron chi connectivity index (χ4n) is 3.42. The van der Waals surface area contributed by atoms with Gasteiger partial charge in [0, 0.05) is 37.0 Å². The van der Waals surface area contributed by atoms with Crippen LogP contribution in [0.15, 0.2) is 29.3 Å². The molecule has 0 spiro atoms. The number of likely N-dealkylation sites (tertiary alicyclic amines) is 2. The molecule has 0 aromatic heterocycles. The van der Waals surface area contributed by atoms with Crippen LogP contribution in [0.4, 0.5) is 10.5 Å². The third-order valence-electron chi connectivity index (χ3n) is 5.05. The van der Waals surface area contributed by atoms with Crippen LogP contribution in [0.3, 0.4) is 0 Å². The number of nitro benzene ring substituents is 1. The molecule has 0 radical (unpaired) electrons. The standard InChI is InChI=1S/C18H24N6O5S/c1-22-9-14(30)6-15(22)16(25)23-7-12(8-23)20-17(19)21-18(26)29-10-11-2-4-13(5-3-11)24(27)28/h2-5,12,14-15,30H,6-10H2,1H3,(H3,19,20,21,26)/t14-,15-/m0/s1.